The molecule has 2 N–H and O–H groups in total. The lowest BCUT2D eigenvalue weighted by Gasteiger charge is -2.31. The van der Waals surface area contributed by atoms with E-state index in [1.807, 2.05) is 4.90 Å². The molecule has 0 aromatic carbocycles. The minimum absolute atomic E-state index is 0.00633. The highest BCUT2D eigenvalue weighted by Gasteiger charge is 2.27. The molecule has 0 bridgehead atoms. The summed E-state index contributed by atoms with van der Waals surface area (Å²) < 4.78 is 5.18. The van der Waals surface area contributed by atoms with Gasteiger partial charge in [-0.05, 0) is 18.8 Å². The number of hydrogen-bond acceptors (Lipinski definition) is 6. The van der Waals surface area contributed by atoms with E-state index in [4.69, 9.17) is 10.5 Å². The fourth-order valence-electron chi connectivity index (χ4n) is 2.68. The normalized spacial score (nSPS) is 16.5. The van der Waals surface area contributed by atoms with Crippen LogP contribution in [-0.2, 0) is 4.74 Å². The highest BCUT2D eigenvalue weighted by atomic mass is 32.1. The van der Waals surface area contributed by atoms with Gasteiger partial charge in [-0.15, -0.1) is 11.3 Å². The van der Waals surface area contributed by atoms with Crippen LogP contribution in [0, 0.1) is 5.92 Å². The van der Waals surface area contributed by atoms with Gasteiger partial charge in [-0.3, -0.25) is 4.79 Å². The Morgan fingerprint density at radius 1 is 1.43 bits per heavy atom. The second-order valence-electron chi connectivity index (χ2n) is 5.25. The first kappa shape index (κ1) is 14.2. The van der Waals surface area contributed by atoms with Gasteiger partial charge < -0.3 is 15.4 Å². The maximum atomic E-state index is 12.6. The summed E-state index contributed by atoms with van der Waals surface area (Å²) in [6.45, 7) is 2.27. The second-order valence-corrected chi connectivity index (χ2v) is 6.24. The zero-order chi connectivity index (χ0) is 14.8. The highest BCUT2D eigenvalue weighted by molar-refractivity contribution is 7.21. The van der Waals surface area contributed by atoms with Gasteiger partial charge in [-0.1, -0.05) is 0 Å². The Bertz CT molecular complexity index is 649. The molecule has 3 rings (SSSR count). The summed E-state index contributed by atoms with van der Waals surface area (Å²) in [5.41, 5.74) is 7.14. The number of nitrogens with zero attached hydrogens (tertiary/aromatic N) is 3. The molecule has 1 fully saturated rings. The first-order valence-corrected chi connectivity index (χ1v) is 7.79. The number of hydrogen-bond donors (Lipinski definition) is 1. The molecule has 2 aromatic heterocycles. The minimum Gasteiger partial charge on any atom is -0.396 e. The van der Waals surface area contributed by atoms with Crippen LogP contribution in [0.15, 0.2) is 12.4 Å². The first-order chi connectivity index (χ1) is 10.2. The van der Waals surface area contributed by atoms with E-state index in [0.29, 0.717) is 26.8 Å². The Morgan fingerprint density at radius 2 is 2.14 bits per heavy atom. The molecular weight excluding hydrogens is 288 g/mol. The molecule has 0 spiro atoms. The molecule has 2 aromatic rings. The number of thiophene rings is 1. The largest absolute Gasteiger partial charge is 0.396 e. The van der Waals surface area contributed by atoms with Crippen LogP contribution >= 0.6 is 11.3 Å². The Hall–Kier alpha value is -1.73. The van der Waals surface area contributed by atoms with E-state index < -0.39 is 0 Å². The molecule has 6 nitrogen and oxygen atoms in total. The quantitative estimate of drug-likeness (QED) is 0.934. The maximum absolute atomic E-state index is 12.6. The molecule has 0 radical (unpaired) electrons. The predicted octanol–water partition coefficient (Wildman–Crippen LogP) is 1.77. The number of nitrogen functional groups attached to an aromatic ring is 1. The van der Waals surface area contributed by atoms with Crippen LogP contribution in [0.5, 0.6) is 0 Å². The number of carbonyl (C=O) groups excluding carboxylic acids is 1. The van der Waals surface area contributed by atoms with E-state index in [2.05, 4.69) is 9.97 Å². The van der Waals surface area contributed by atoms with Gasteiger partial charge in [0.15, 0.2) is 0 Å². The summed E-state index contributed by atoms with van der Waals surface area (Å²) in [7, 11) is 1.72. The van der Waals surface area contributed by atoms with Crippen molar-refractivity contribution in [2.24, 2.45) is 5.92 Å². The fraction of sp³-hybridized carbons (Fsp3) is 0.500. The van der Waals surface area contributed by atoms with Crippen LogP contribution in [0.1, 0.15) is 22.5 Å². The molecular formula is C14H18N4O2S. The van der Waals surface area contributed by atoms with Crippen molar-refractivity contribution in [1.29, 1.82) is 0 Å². The zero-order valence-electron chi connectivity index (χ0n) is 11.9. The molecule has 7 heteroatoms. The molecule has 1 amide bonds. The number of rotatable bonds is 3. The van der Waals surface area contributed by atoms with Crippen LogP contribution in [0.3, 0.4) is 0 Å². The Labute approximate surface area is 126 Å². The maximum Gasteiger partial charge on any atom is 0.266 e. The Kier molecular flexibility index (Phi) is 4.03. The number of amides is 1. The summed E-state index contributed by atoms with van der Waals surface area (Å²) in [5, 5.41) is 0. The van der Waals surface area contributed by atoms with Crippen LogP contribution in [0.25, 0.3) is 10.3 Å². The van der Waals surface area contributed by atoms with Crippen molar-refractivity contribution < 1.29 is 9.53 Å². The molecule has 1 saturated heterocycles. The summed E-state index contributed by atoms with van der Waals surface area (Å²) in [6, 6.07) is 0. The number of anilines is 1. The third-order valence-corrected chi connectivity index (χ3v) is 4.95. The average Bonchev–Trinajstić information content (AvgIpc) is 2.85. The van der Waals surface area contributed by atoms with Crippen molar-refractivity contribution in [2.45, 2.75) is 12.8 Å². The second kappa shape index (κ2) is 5.95. The lowest BCUT2D eigenvalue weighted by molar-refractivity contribution is 0.0619. The van der Waals surface area contributed by atoms with Gasteiger partial charge >= 0.3 is 0 Å². The molecule has 1 aliphatic heterocycles. The van der Waals surface area contributed by atoms with Gasteiger partial charge in [0.1, 0.15) is 15.2 Å². The number of fused-ring (bicyclic) bond motifs is 1. The third-order valence-electron chi connectivity index (χ3n) is 3.86. The summed E-state index contributed by atoms with van der Waals surface area (Å²) in [4.78, 5) is 24.2. The SMILES string of the molecule is COCC1CCN(C(=O)c2sc3nccnc3c2N)CC1. The van der Waals surface area contributed by atoms with Gasteiger partial charge in [0.25, 0.3) is 5.91 Å². The molecule has 112 valence electrons. The smallest absolute Gasteiger partial charge is 0.266 e. The number of methoxy groups -OCH3 is 1. The van der Waals surface area contributed by atoms with Crippen LogP contribution < -0.4 is 5.73 Å². The molecule has 1 aliphatic rings. The zero-order valence-corrected chi connectivity index (χ0v) is 12.7. The van der Waals surface area contributed by atoms with E-state index >= 15 is 0 Å². The van der Waals surface area contributed by atoms with Gasteiger partial charge in [0, 0.05) is 39.2 Å². The third kappa shape index (κ3) is 2.71. The minimum atomic E-state index is -0.00633. The number of aromatic nitrogens is 2. The average molecular weight is 306 g/mol. The van der Waals surface area contributed by atoms with Crippen LogP contribution in [0.4, 0.5) is 5.69 Å². The van der Waals surface area contributed by atoms with E-state index in [0.717, 1.165) is 32.5 Å². The summed E-state index contributed by atoms with van der Waals surface area (Å²) >= 11 is 1.32. The monoisotopic (exact) mass is 306 g/mol. The highest BCUT2D eigenvalue weighted by Crippen LogP contribution is 2.32. The molecule has 0 unspecified atom stereocenters. The Morgan fingerprint density at radius 3 is 2.81 bits per heavy atom. The topological polar surface area (TPSA) is 81.3 Å². The fourth-order valence-corrected chi connectivity index (χ4v) is 3.67. The number of likely N-dealkylation sites (tertiary alicyclic amines) is 1. The lowest BCUT2D eigenvalue weighted by atomic mass is 9.98. The number of carbonyl (C=O) groups is 1. The summed E-state index contributed by atoms with van der Waals surface area (Å²) in [6.07, 6.45) is 5.15. The molecule has 0 aliphatic carbocycles. The van der Waals surface area contributed by atoms with Crippen molar-refractivity contribution in [2.75, 3.05) is 32.5 Å². The van der Waals surface area contributed by atoms with E-state index in [9.17, 15) is 4.79 Å². The molecule has 3 heterocycles. The van der Waals surface area contributed by atoms with Crippen molar-refractivity contribution in [1.82, 2.24) is 14.9 Å². The molecule has 0 atom stereocenters. The van der Waals surface area contributed by atoms with Gasteiger partial charge in [0.05, 0.1) is 5.69 Å². The van der Waals surface area contributed by atoms with Gasteiger partial charge in [0.2, 0.25) is 0 Å². The van der Waals surface area contributed by atoms with E-state index in [-0.39, 0.29) is 5.91 Å². The predicted molar refractivity (Wildman–Crippen MR) is 82.3 cm³/mol. The van der Waals surface area contributed by atoms with Crippen molar-refractivity contribution in [3.8, 4) is 0 Å². The van der Waals surface area contributed by atoms with Gasteiger partial charge in [-0.2, -0.15) is 0 Å². The standard InChI is InChI=1S/C14H18N4O2S/c1-20-8-9-2-6-18(7-3-9)14(19)12-10(15)11-13(21-12)17-5-4-16-11/h4-5,9H,2-3,6-8,15H2,1H3. The molecule has 0 saturated carbocycles. The first-order valence-electron chi connectivity index (χ1n) is 6.98. The number of nitrogens with two attached hydrogens (primary N) is 1. The van der Waals surface area contributed by atoms with Crippen molar-refractivity contribution in [3.63, 3.8) is 0 Å². The van der Waals surface area contributed by atoms with Gasteiger partial charge in [-0.25, -0.2) is 9.97 Å². The van der Waals surface area contributed by atoms with E-state index in [1.54, 1.807) is 19.5 Å². The van der Waals surface area contributed by atoms with E-state index in [1.165, 1.54) is 11.3 Å². The van der Waals surface area contributed by atoms with Crippen molar-refractivity contribution in [3.05, 3.63) is 17.3 Å². The summed E-state index contributed by atoms with van der Waals surface area (Å²) in [5.74, 6) is 0.537. The molecule has 21 heavy (non-hydrogen) atoms. The number of ether oxygens (including phenoxy) is 1. The number of piperidine rings is 1. The van der Waals surface area contributed by atoms with Crippen LogP contribution in [-0.4, -0.2) is 47.6 Å². The lowest BCUT2D eigenvalue weighted by Crippen LogP contribution is -2.39. The van der Waals surface area contributed by atoms with Crippen molar-refractivity contribution >= 4 is 33.3 Å². The Balaban J connectivity index is 1.77. The van der Waals surface area contributed by atoms with Crippen LogP contribution in [0.2, 0.25) is 0 Å².